The van der Waals surface area contributed by atoms with E-state index >= 15 is 0 Å². The molecule has 9 heteroatoms. The van der Waals surface area contributed by atoms with Crippen molar-refractivity contribution in [3.8, 4) is 6.07 Å². The minimum absolute atomic E-state index is 0.0314. The highest BCUT2D eigenvalue weighted by molar-refractivity contribution is 6.06. The van der Waals surface area contributed by atoms with Crippen LogP contribution in [0.2, 0.25) is 0 Å². The third-order valence-electron chi connectivity index (χ3n) is 8.30. The number of nitrogens with one attached hydrogen (secondary N) is 1. The van der Waals surface area contributed by atoms with E-state index in [4.69, 9.17) is 5.26 Å². The van der Waals surface area contributed by atoms with Crippen molar-refractivity contribution >= 4 is 29.3 Å². The fraction of sp³-hybridized carbons (Fsp3) is 0.393. The number of fused-ring (bicyclic) bond motifs is 1. The number of nitrogens with zero attached hydrogens (tertiary/aromatic N) is 4. The molecule has 188 valence electrons. The van der Waals surface area contributed by atoms with Gasteiger partial charge in [-0.1, -0.05) is 12.1 Å². The maximum absolute atomic E-state index is 13.1. The molecule has 1 unspecified atom stereocenters. The van der Waals surface area contributed by atoms with Crippen LogP contribution in [0.3, 0.4) is 0 Å². The van der Waals surface area contributed by atoms with Crippen molar-refractivity contribution in [1.82, 2.24) is 15.1 Å². The number of piperidine rings is 2. The van der Waals surface area contributed by atoms with E-state index in [1.807, 2.05) is 23.1 Å². The zero-order valence-corrected chi connectivity index (χ0v) is 20.4. The molecule has 1 atom stereocenters. The Balaban J connectivity index is 1.11. The lowest BCUT2D eigenvalue weighted by Gasteiger charge is -2.55. The minimum Gasteiger partial charge on any atom is -0.370 e. The van der Waals surface area contributed by atoms with E-state index < -0.39 is 11.9 Å². The molecule has 4 amide bonds. The summed E-state index contributed by atoms with van der Waals surface area (Å²) in [4.78, 5) is 55.8. The van der Waals surface area contributed by atoms with Crippen LogP contribution >= 0.6 is 0 Å². The van der Waals surface area contributed by atoms with Crippen LogP contribution < -0.4 is 10.2 Å². The first-order chi connectivity index (χ1) is 17.9. The summed E-state index contributed by atoms with van der Waals surface area (Å²) in [5, 5.41) is 11.5. The number of hydrogen-bond acceptors (Lipinski definition) is 6. The summed E-state index contributed by atoms with van der Waals surface area (Å²) >= 11 is 0. The topological polar surface area (TPSA) is 114 Å². The number of carbonyl (C=O) groups is 4. The molecule has 0 saturated carbocycles. The standard InChI is InChI=1S/C28H27N5O4/c29-14-18-3-1-4-19(13-18)26(36)31-11-9-28(10-12-31)16-32(17-28)22-6-2-5-20-21(22)15-33(27(20)37)23-7-8-24(34)30-25(23)35/h1-6,13,23H,7-12,15-17H2,(H,30,34,35). The number of anilines is 1. The molecular weight excluding hydrogens is 470 g/mol. The number of benzene rings is 2. The van der Waals surface area contributed by atoms with Crippen molar-refractivity contribution in [2.45, 2.75) is 38.3 Å². The molecule has 4 aliphatic rings. The molecule has 4 heterocycles. The molecule has 37 heavy (non-hydrogen) atoms. The number of carbonyl (C=O) groups excluding carboxylic acids is 4. The first-order valence-electron chi connectivity index (χ1n) is 12.7. The van der Waals surface area contributed by atoms with Crippen LogP contribution in [0.15, 0.2) is 42.5 Å². The average Bonchev–Trinajstić information content (AvgIpc) is 3.23. The lowest BCUT2D eigenvalue weighted by Crippen LogP contribution is -2.61. The number of hydrogen-bond donors (Lipinski definition) is 1. The van der Waals surface area contributed by atoms with Gasteiger partial charge in [0.2, 0.25) is 11.8 Å². The quantitative estimate of drug-likeness (QED) is 0.650. The van der Waals surface area contributed by atoms with Gasteiger partial charge in [0.25, 0.3) is 11.8 Å². The van der Waals surface area contributed by atoms with E-state index in [1.54, 1.807) is 29.2 Å². The van der Waals surface area contributed by atoms with Gasteiger partial charge in [-0.05, 0) is 49.6 Å². The maximum Gasteiger partial charge on any atom is 0.255 e. The highest BCUT2D eigenvalue weighted by atomic mass is 16.2. The molecule has 2 aromatic rings. The lowest BCUT2D eigenvalue weighted by molar-refractivity contribution is -0.136. The van der Waals surface area contributed by atoms with Gasteiger partial charge in [0.1, 0.15) is 6.04 Å². The van der Waals surface area contributed by atoms with Gasteiger partial charge in [-0.25, -0.2) is 0 Å². The largest absolute Gasteiger partial charge is 0.370 e. The maximum atomic E-state index is 13.1. The molecule has 2 aromatic carbocycles. The molecule has 0 radical (unpaired) electrons. The van der Waals surface area contributed by atoms with Crippen LogP contribution in [-0.2, 0) is 16.1 Å². The number of imide groups is 1. The van der Waals surface area contributed by atoms with Crippen LogP contribution in [0.1, 0.15) is 57.5 Å². The van der Waals surface area contributed by atoms with Crippen molar-refractivity contribution < 1.29 is 19.2 Å². The third-order valence-corrected chi connectivity index (χ3v) is 8.30. The van der Waals surface area contributed by atoms with E-state index in [0.717, 1.165) is 37.2 Å². The Bertz CT molecular complexity index is 1360. The molecule has 3 fully saturated rings. The highest BCUT2D eigenvalue weighted by Crippen LogP contribution is 2.45. The number of nitriles is 1. The Morgan fingerprint density at radius 2 is 1.81 bits per heavy atom. The summed E-state index contributed by atoms with van der Waals surface area (Å²) in [6.45, 7) is 3.45. The van der Waals surface area contributed by atoms with Crippen molar-refractivity contribution in [2.24, 2.45) is 5.41 Å². The van der Waals surface area contributed by atoms with Crippen molar-refractivity contribution in [3.63, 3.8) is 0 Å². The molecule has 1 N–H and O–H groups in total. The van der Waals surface area contributed by atoms with Crippen LogP contribution in [-0.4, -0.2) is 65.6 Å². The second kappa shape index (κ2) is 8.73. The fourth-order valence-electron chi connectivity index (χ4n) is 6.20. The number of likely N-dealkylation sites (tertiary alicyclic amines) is 1. The minimum atomic E-state index is -0.621. The van der Waals surface area contributed by atoms with E-state index in [9.17, 15) is 19.2 Å². The predicted octanol–water partition coefficient (Wildman–Crippen LogP) is 2.06. The molecular formula is C28H27N5O4. The summed E-state index contributed by atoms with van der Waals surface area (Å²) in [6, 6.07) is 14.0. The molecule has 0 aromatic heterocycles. The second-order valence-electron chi connectivity index (χ2n) is 10.5. The molecule has 4 aliphatic heterocycles. The smallest absolute Gasteiger partial charge is 0.255 e. The van der Waals surface area contributed by atoms with Gasteiger partial charge < -0.3 is 14.7 Å². The van der Waals surface area contributed by atoms with Crippen molar-refractivity contribution in [2.75, 3.05) is 31.1 Å². The first-order valence-corrected chi connectivity index (χ1v) is 12.7. The van der Waals surface area contributed by atoms with E-state index in [1.165, 1.54) is 0 Å². The Morgan fingerprint density at radius 3 is 2.54 bits per heavy atom. The van der Waals surface area contributed by atoms with Crippen LogP contribution in [0.4, 0.5) is 5.69 Å². The first kappa shape index (κ1) is 23.2. The molecule has 1 spiro atoms. The summed E-state index contributed by atoms with van der Waals surface area (Å²) < 4.78 is 0. The summed E-state index contributed by atoms with van der Waals surface area (Å²) in [7, 11) is 0. The van der Waals surface area contributed by atoms with Gasteiger partial charge in [-0.2, -0.15) is 5.26 Å². The predicted molar refractivity (Wildman–Crippen MR) is 133 cm³/mol. The zero-order chi connectivity index (χ0) is 25.7. The average molecular weight is 498 g/mol. The molecule has 6 rings (SSSR count). The van der Waals surface area contributed by atoms with E-state index in [0.29, 0.717) is 42.7 Å². The van der Waals surface area contributed by atoms with Gasteiger partial charge in [0.05, 0.1) is 11.6 Å². The van der Waals surface area contributed by atoms with Crippen LogP contribution in [0.25, 0.3) is 0 Å². The second-order valence-corrected chi connectivity index (χ2v) is 10.5. The summed E-state index contributed by atoms with van der Waals surface area (Å²) in [5.74, 6) is -0.882. The molecule has 9 nitrogen and oxygen atoms in total. The van der Waals surface area contributed by atoms with E-state index in [-0.39, 0.29) is 29.6 Å². The van der Waals surface area contributed by atoms with Gasteiger partial charge in [0, 0.05) is 66.9 Å². The highest BCUT2D eigenvalue weighted by Gasteiger charge is 2.47. The van der Waals surface area contributed by atoms with Crippen LogP contribution in [0, 0.1) is 16.7 Å². The molecule has 0 bridgehead atoms. The van der Waals surface area contributed by atoms with Crippen molar-refractivity contribution in [3.05, 3.63) is 64.7 Å². The Hall–Kier alpha value is -4.19. The Labute approximate surface area is 214 Å². The Morgan fingerprint density at radius 1 is 1.05 bits per heavy atom. The summed E-state index contributed by atoms with van der Waals surface area (Å²) in [5.41, 5.74) is 3.77. The molecule has 3 saturated heterocycles. The molecule has 0 aliphatic carbocycles. The Kier molecular flexibility index (Phi) is 5.48. The lowest BCUT2D eigenvalue weighted by atomic mass is 9.71. The number of amides is 4. The normalized spacial score (nSPS) is 22.4. The summed E-state index contributed by atoms with van der Waals surface area (Å²) in [6.07, 6.45) is 2.40. The third kappa shape index (κ3) is 3.93. The van der Waals surface area contributed by atoms with Gasteiger partial charge in [-0.3, -0.25) is 24.5 Å². The fourth-order valence-corrected chi connectivity index (χ4v) is 6.20. The number of rotatable bonds is 3. The SMILES string of the molecule is N#Cc1cccc(C(=O)N2CCC3(CC2)CN(c2cccc4c2CN(C2CCC(=O)NC2=O)C4=O)C3)c1. The van der Waals surface area contributed by atoms with Gasteiger partial charge in [0.15, 0.2) is 0 Å². The zero-order valence-electron chi connectivity index (χ0n) is 20.4. The van der Waals surface area contributed by atoms with Crippen molar-refractivity contribution in [1.29, 1.82) is 5.26 Å². The van der Waals surface area contributed by atoms with E-state index in [2.05, 4.69) is 16.3 Å². The monoisotopic (exact) mass is 497 g/mol. The van der Waals surface area contributed by atoms with Gasteiger partial charge in [-0.15, -0.1) is 0 Å². The van der Waals surface area contributed by atoms with Gasteiger partial charge >= 0.3 is 0 Å². The van der Waals surface area contributed by atoms with Crippen LogP contribution in [0.5, 0.6) is 0 Å².